The lowest BCUT2D eigenvalue weighted by Gasteiger charge is -2.35. The maximum Gasteiger partial charge on any atom is 0.446 e. The van der Waals surface area contributed by atoms with Crippen molar-refractivity contribution in [3.8, 4) is 17.2 Å². The van der Waals surface area contributed by atoms with Gasteiger partial charge in [-0.05, 0) is 65.9 Å². The van der Waals surface area contributed by atoms with E-state index >= 15 is 0 Å². The fourth-order valence-corrected chi connectivity index (χ4v) is 4.55. The number of ether oxygens (including phenoxy) is 1. The molecule has 3 aromatic carbocycles. The predicted octanol–water partition coefficient (Wildman–Crippen LogP) is 5.84. The molecule has 0 aromatic heterocycles. The van der Waals surface area contributed by atoms with Gasteiger partial charge < -0.3 is 19.8 Å². The number of alkyl halides is 3. The Bertz CT molecular complexity index is 1260. The summed E-state index contributed by atoms with van der Waals surface area (Å²) in [5.74, 6) is 6.77. The van der Waals surface area contributed by atoms with E-state index in [1.54, 1.807) is 35.2 Å². The Morgan fingerprint density at radius 3 is 2.37 bits per heavy atom. The molecule has 0 aliphatic carbocycles. The first-order chi connectivity index (χ1) is 18.2. The number of urea groups is 1. The highest BCUT2D eigenvalue weighted by Gasteiger charge is 2.29. The SMILES string of the molecule is C=C(NC(=O)N1CCN(Cc2cccc(Oc3ccc(SC(F)(F)F)cc3)c2)CC1)c1ccccc1ON. The number of benzene rings is 3. The number of hydrogen-bond acceptors (Lipinski definition) is 6. The molecular formula is C27H27F3N4O3S. The Hall–Kier alpha value is -3.67. The Kier molecular flexibility index (Phi) is 8.82. The Labute approximate surface area is 223 Å². The van der Waals surface area contributed by atoms with Gasteiger partial charge in [0.25, 0.3) is 0 Å². The van der Waals surface area contributed by atoms with E-state index in [1.807, 2.05) is 18.2 Å². The summed E-state index contributed by atoms with van der Waals surface area (Å²) in [6.07, 6.45) is 0. The molecule has 3 N–H and O–H groups in total. The van der Waals surface area contributed by atoms with Crippen molar-refractivity contribution >= 4 is 23.5 Å². The van der Waals surface area contributed by atoms with Crippen LogP contribution in [-0.2, 0) is 6.54 Å². The van der Waals surface area contributed by atoms with Crippen LogP contribution in [0.3, 0.4) is 0 Å². The molecule has 1 saturated heterocycles. The zero-order chi connectivity index (χ0) is 27.1. The van der Waals surface area contributed by atoms with Crippen LogP contribution in [0.4, 0.5) is 18.0 Å². The Morgan fingerprint density at radius 2 is 1.68 bits per heavy atom. The van der Waals surface area contributed by atoms with Crippen LogP contribution in [0.15, 0.2) is 84.3 Å². The number of carbonyl (C=O) groups excluding carboxylic acids is 1. The predicted molar refractivity (Wildman–Crippen MR) is 141 cm³/mol. The zero-order valence-corrected chi connectivity index (χ0v) is 21.2. The average molecular weight is 545 g/mol. The molecule has 0 atom stereocenters. The summed E-state index contributed by atoms with van der Waals surface area (Å²) in [5.41, 5.74) is -2.28. The van der Waals surface area contributed by atoms with Gasteiger partial charge in [-0.15, -0.1) is 0 Å². The number of nitrogens with one attached hydrogen (secondary N) is 1. The van der Waals surface area contributed by atoms with Gasteiger partial charge in [0.1, 0.15) is 11.5 Å². The monoisotopic (exact) mass is 544 g/mol. The van der Waals surface area contributed by atoms with Crippen molar-refractivity contribution in [3.63, 3.8) is 0 Å². The summed E-state index contributed by atoms with van der Waals surface area (Å²) in [6.45, 7) is 7.07. The van der Waals surface area contributed by atoms with Gasteiger partial charge >= 0.3 is 11.5 Å². The van der Waals surface area contributed by atoms with Crippen LogP contribution < -0.4 is 20.8 Å². The summed E-state index contributed by atoms with van der Waals surface area (Å²) < 4.78 is 43.4. The minimum absolute atomic E-state index is 0.102. The van der Waals surface area contributed by atoms with E-state index in [1.165, 1.54) is 24.3 Å². The molecule has 7 nitrogen and oxygen atoms in total. The van der Waals surface area contributed by atoms with Gasteiger partial charge in [0.15, 0.2) is 5.75 Å². The van der Waals surface area contributed by atoms with Crippen molar-refractivity contribution in [2.45, 2.75) is 16.9 Å². The molecule has 4 rings (SSSR count). The second-order valence-corrected chi connectivity index (χ2v) is 9.69. The van der Waals surface area contributed by atoms with Gasteiger partial charge in [0.05, 0.1) is 0 Å². The zero-order valence-electron chi connectivity index (χ0n) is 20.4. The van der Waals surface area contributed by atoms with Gasteiger partial charge in [-0.3, -0.25) is 4.90 Å². The Balaban J connectivity index is 1.27. The van der Waals surface area contributed by atoms with Crippen LogP contribution in [0.25, 0.3) is 5.70 Å². The largest absolute Gasteiger partial charge is 0.457 e. The van der Waals surface area contributed by atoms with E-state index in [2.05, 4.69) is 16.8 Å². The molecule has 0 bridgehead atoms. The molecule has 0 radical (unpaired) electrons. The smallest absolute Gasteiger partial charge is 0.446 e. The molecule has 1 aliphatic rings. The lowest BCUT2D eigenvalue weighted by molar-refractivity contribution is -0.0328. The molecule has 0 unspecified atom stereocenters. The molecule has 0 saturated carbocycles. The van der Waals surface area contributed by atoms with E-state index in [9.17, 15) is 18.0 Å². The molecule has 200 valence electrons. The van der Waals surface area contributed by atoms with Gasteiger partial charge in [0, 0.05) is 48.9 Å². The van der Waals surface area contributed by atoms with E-state index in [0.717, 1.165) is 5.56 Å². The molecule has 3 aromatic rings. The summed E-state index contributed by atoms with van der Waals surface area (Å²) in [6, 6.07) is 20.2. The minimum Gasteiger partial charge on any atom is -0.457 e. The number of thioether (sulfide) groups is 1. The summed E-state index contributed by atoms with van der Waals surface area (Å²) in [4.78, 5) is 21.7. The van der Waals surface area contributed by atoms with Crippen molar-refractivity contribution in [3.05, 3.63) is 90.5 Å². The van der Waals surface area contributed by atoms with Crippen molar-refractivity contribution in [2.75, 3.05) is 26.2 Å². The van der Waals surface area contributed by atoms with Crippen molar-refractivity contribution in [1.82, 2.24) is 15.1 Å². The molecule has 2 amide bonds. The van der Waals surface area contributed by atoms with E-state index in [4.69, 9.17) is 15.5 Å². The number of halogens is 3. The van der Waals surface area contributed by atoms with Gasteiger partial charge in [-0.25, -0.2) is 4.79 Å². The number of nitrogens with zero attached hydrogens (tertiary/aromatic N) is 2. The van der Waals surface area contributed by atoms with Gasteiger partial charge in [-0.2, -0.15) is 19.1 Å². The second-order valence-electron chi connectivity index (χ2n) is 8.55. The average Bonchev–Trinajstić information content (AvgIpc) is 2.89. The lowest BCUT2D eigenvalue weighted by Crippen LogP contribution is -2.51. The van der Waals surface area contributed by atoms with Crippen LogP contribution >= 0.6 is 11.8 Å². The first-order valence-corrected chi connectivity index (χ1v) is 12.6. The maximum absolute atomic E-state index is 12.7. The van der Waals surface area contributed by atoms with Crippen LogP contribution in [0.2, 0.25) is 0 Å². The normalized spacial score (nSPS) is 14.2. The molecule has 1 heterocycles. The quantitative estimate of drug-likeness (QED) is 0.274. The highest BCUT2D eigenvalue weighted by atomic mass is 32.2. The summed E-state index contributed by atoms with van der Waals surface area (Å²) in [5, 5.41) is 2.82. The highest BCUT2D eigenvalue weighted by Crippen LogP contribution is 2.37. The molecule has 1 aliphatic heterocycles. The highest BCUT2D eigenvalue weighted by molar-refractivity contribution is 8.00. The van der Waals surface area contributed by atoms with E-state index < -0.39 is 5.51 Å². The second kappa shape index (κ2) is 12.2. The Morgan fingerprint density at radius 1 is 0.974 bits per heavy atom. The number of amides is 2. The van der Waals surface area contributed by atoms with Crippen LogP contribution in [0.5, 0.6) is 17.2 Å². The number of carbonyl (C=O) groups is 1. The third-order valence-electron chi connectivity index (χ3n) is 5.85. The number of rotatable bonds is 8. The molecule has 11 heteroatoms. The molecule has 0 spiro atoms. The number of para-hydroxylation sites is 1. The first-order valence-electron chi connectivity index (χ1n) is 11.8. The fraction of sp³-hybridized carbons (Fsp3) is 0.222. The standard InChI is InChI=1S/C27H27F3N4O3S/c1-19(24-7-2-3-8-25(24)37-31)32-26(35)34-15-13-33(14-16-34)18-20-5-4-6-22(17-20)36-21-9-11-23(12-10-21)38-27(28,29)30/h2-12,17H,1,13-16,18,31H2,(H,32,35). The number of nitrogens with two attached hydrogens (primary N) is 1. The third-order valence-corrected chi connectivity index (χ3v) is 6.59. The van der Waals surface area contributed by atoms with E-state index in [-0.39, 0.29) is 22.7 Å². The third kappa shape index (κ3) is 7.67. The first kappa shape index (κ1) is 27.4. The summed E-state index contributed by atoms with van der Waals surface area (Å²) >= 11 is -0.161. The molecule has 38 heavy (non-hydrogen) atoms. The van der Waals surface area contributed by atoms with Crippen molar-refractivity contribution in [1.29, 1.82) is 0 Å². The number of hydrogen-bond donors (Lipinski definition) is 2. The topological polar surface area (TPSA) is 80.1 Å². The summed E-state index contributed by atoms with van der Waals surface area (Å²) in [7, 11) is 0. The van der Waals surface area contributed by atoms with E-state index in [0.29, 0.717) is 61.2 Å². The molecular weight excluding hydrogens is 517 g/mol. The fourth-order valence-electron chi connectivity index (χ4n) is 4.01. The van der Waals surface area contributed by atoms with Crippen LogP contribution in [0, 0.1) is 0 Å². The number of piperazine rings is 1. The van der Waals surface area contributed by atoms with Crippen LogP contribution in [0.1, 0.15) is 11.1 Å². The van der Waals surface area contributed by atoms with Crippen LogP contribution in [-0.4, -0.2) is 47.5 Å². The van der Waals surface area contributed by atoms with Gasteiger partial charge in [-0.1, -0.05) is 30.8 Å². The van der Waals surface area contributed by atoms with Crippen molar-refractivity contribution < 1.29 is 27.5 Å². The molecule has 1 fully saturated rings. The van der Waals surface area contributed by atoms with Gasteiger partial charge in [0.2, 0.25) is 0 Å². The minimum atomic E-state index is -4.33. The maximum atomic E-state index is 12.7. The van der Waals surface area contributed by atoms with Crippen molar-refractivity contribution in [2.24, 2.45) is 5.90 Å². The lowest BCUT2D eigenvalue weighted by atomic mass is 10.1.